The van der Waals surface area contributed by atoms with Gasteiger partial charge in [0.15, 0.2) is 0 Å². The molecular weight excluding hydrogens is 375 g/mol. The Morgan fingerprint density at radius 2 is 1.83 bits per heavy atom. The number of urea groups is 1. The number of para-hydroxylation sites is 1. The van der Waals surface area contributed by atoms with Crippen LogP contribution in [0, 0.1) is 5.82 Å². The van der Waals surface area contributed by atoms with Gasteiger partial charge in [-0.15, -0.1) is 0 Å². The van der Waals surface area contributed by atoms with Crippen LogP contribution in [0.2, 0.25) is 0 Å². The van der Waals surface area contributed by atoms with E-state index in [1.54, 1.807) is 6.07 Å². The Kier molecular flexibility index (Phi) is 5.16. The Morgan fingerprint density at radius 3 is 2.59 bits per heavy atom. The van der Waals surface area contributed by atoms with Crippen LogP contribution in [0.5, 0.6) is 0 Å². The Morgan fingerprint density at radius 1 is 1.10 bits per heavy atom. The summed E-state index contributed by atoms with van der Waals surface area (Å²) in [6.45, 7) is 0.243. The molecule has 0 bridgehead atoms. The predicted molar refractivity (Wildman–Crippen MR) is 105 cm³/mol. The lowest BCUT2D eigenvalue weighted by atomic mass is 10.0. The Balaban J connectivity index is 1.38. The molecule has 0 unspecified atom stereocenters. The van der Waals surface area contributed by atoms with Crippen LogP contribution in [0.3, 0.4) is 0 Å². The molecule has 7 nitrogen and oxygen atoms in total. The highest BCUT2D eigenvalue weighted by Crippen LogP contribution is 2.24. The molecule has 2 fully saturated rings. The van der Waals surface area contributed by atoms with Gasteiger partial charge in [0.25, 0.3) is 0 Å². The molecule has 4 rings (SSSR count). The zero-order valence-electron chi connectivity index (χ0n) is 15.6. The van der Waals surface area contributed by atoms with Crippen LogP contribution in [0.15, 0.2) is 54.6 Å². The van der Waals surface area contributed by atoms with Crippen LogP contribution in [-0.2, 0) is 16.0 Å². The summed E-state index contributed by atoms with van der Waals surface area (Å²) in [6.07, 6.45) is 0.737. The van der Waals surface area contributed by atoms with E-state index in [0.717, 1.165) is 5.56 Å². The van der Waals surface area contributed by atoms with Crippen molar-refractivity contribution in [2.75, 3.05) is 11.9 Å². The van der Waals surface area contributed by atoms with Gasteiger partial charge in [-0.25, -0.2) is 9.18 Å². The van der Waals surface area contributed by atoms with E-state index in [-0.39, 0.29) is 24.0 Å². The number of nitrogens with one attached hydrogen (secondary N) is 3. The van der Waals surface area contributed by atoms with Crippen molar-refractivity contribution in [1.82, 2.24) is 15.5 Å². The Labute approximate surface area is 167 Å². The van der Waals surface area contributed by atoms with E-state index < -0.39 is 30.0 Å². The number of halogens is 1. The lowest BCUT2D eigenvalue weighted by molar-refractivity contribution is -0.147. The molecule has 0 saturated carbocycles. The van der Waals surface area contributed by atoms with E-state index >= 15 is 0 Å². The van der Waals surface area contributed by atoms with Crippen LogP contribution >= 0.6 is 0 Å². The maximum Gasteiger partial charge on any atom is 0.319 e. The number of piperazine rings is 1. The standard InChI is InChI=1S/C21H21FN4O3/c22-15-8-4-5-9-16(15)25-21(29)23-14-11-18-19(27)24-17(20(28)26(18)12-14)10-13-6-2-1-3-7-13/h1-9,14,17-18H,10-12H2,(H,24,27)(H2,23,25,29)/t14-,17+,18-/m0/s1. The van der Waals surface area contributed by atoms with E-state index in [2.05, 4.69) is 16.0 Å². The summed E-state index contributed by atoms with van der Waals surface area (Å²) in [6, 6.07) is 13.1. The molecule has 150 valence electrons. The van der Waals surface area contributed by atoms with E-state index in [1.165, 1.54) is 23.1 Å². The topological polar surface area (TPSA) is 90.5 Å². The van der Waals surface area contributed by atoms with Crippen molar-refractivity contribution >= 4 is 23.5 Å². The highest BCUT2D eigenvalue weighted by atomic mass is 19.1. The number of hydrogen-bond donors (Lipinski definition) is 3. The highest BCUT2D eigenvalue weighted by Gasteiger charge is 2.46. The molecule has 8 heteroatoms. The van der Waals surface area contributed by atoms with Gasteiger partial charge < -0.3 is 20.9 Å². The third kappa shape index (κ3) is 4.06. The molecule has 0 aromatic heterocycles. The molecule has 29 heavy (non-hydrogen) atoms. The number of carbonyl (C=O) groups excluding carboxylic acids is 3. The first kappa shape index (κ1) is 18.9. The number of hydrogen-bond acceptors (Lipinski definition) is 3. The molecule has 0 spiro atoms. The summed E-state index contributed by atoms with van der Waals surface area (Å²) in [4.78, 5) is 39.1. The Bertz CT molecular complexity index is 937. The number of carbonyl (C=O) groups is 3. The second kappa shape index (κ2) is 7.90. The van der Waals surface area contributed by atoms with Gasteiger partial charge in [0.2, 0.25) is 11.8 Å². The van der Waals surface area contributed by atoms with Crippen molar-refractivity contribution < 1.29 is 18.8 Å². The molecule has 3 atom stereocenters. The zero-order valence-corrected chi connectivity index (χ0v) is 15.6. The van der Waals surface area contributed by atoms with Gasteiger partial charge in [-0.2, -0.15) is 0 Å². The van der Waals surface area contributed by atoms with Crippen molar-refractivity contribution in [2.24, 2.45) is 0 Å². The number of anilines is 1. The number of fused-ring (bicyclic) bond motifs is 1. The van der Waals surface area contributed by atoms with Crippen molar-refractivity contribution in [3.8, 4) is 0 Å². The molecule has 2 heterocycles. The third-order valence-corrected chi connectivity index (χ3v) is 5.24. The molecule has 2 aliphatic rings. The van der Waals surface area contributed by atoms with Gasteiger partial charge in [-0.1, -0.05) is 42.5 Å². The first-order chi connectivity index (χ1) is 14.0. The van der Waals surface area contributed by atoms with Gasteiger partial charge >= 0.3 is 6.03 Å². The maximum absolute atomic E-state index is 13.7. The lowest BCUT2D eigenvalue weighted by Crippen LogP contribution is -2.61. The van der Waals surface area contributed by atoms with Gasteiger partial charge in [0.05, 0.1) is 11.7 Å². The van der Waals surface area contributed by atoms with Crippen LogP contribution in [-0.4, -0.2) is 47.4 Å². The average molecular weight is 396 g/mol. The number of benzene rings is 2. The van der Waals surface area contributed by atoms with Gasteiger partial charge in [0, 0.05) is 13.0 Å². The molecule has 4 amide bonds. The quantitative estimate of drug-likeness (QED) is 0.734. The van der Waals surface area contributed by atoms with E-state index in [4.69, 9.17) is 0 Å². The lowest BCUT2D eigenvalue weighted by Gasteiger charge is -2.34. The number of amides is 4. The molecule has 0 aliphatic carbocycles. The fourth-order valence-corrected chi connectivity index (χ4v) is 3.86. The molecule has 2 aromatic carbocycles. The second-order valence-corrected chi connectivity index (χ2v) is 7.27. The number of nitrogens with zero attached hydrogens (tertiary/aromatic N) is 1. The van der Waals surface area contributed by atoms with Crippen LogP contribution in [0.25, 0.3) is 0 Å². The smallest absolute Gasteiger partial charge is 0.319 e. The first-order valence-electron chi connectivity index (χ1n) is 9.48. The summed E-state index contributed by atoms with van der Waals surface area (Å²) in [5.41, 5.74) is 1.03. The molecule has 2 aromatic rings. The predicted octanol–water partition coefficient (Wildman–Crippen LogP) is 1.66. The molecule has 2 aliphatic heterocycles. The van der Waals surface area contributed by atoms with Crippen molar-refractivity contribution in [1.29, 1.82) is 0 Å². The summed E-state index contributed by atoms with van der Waals surface area (Å²) in [5, 5.41) is 7.98. The van der Waals surface area contributed by atoms with Crippen molar-refractivity contribution in [3.05, 3.63) is 66.0 Å². The van der Waals surface area contributed by atoms with Crippen molar-refractivity contribution in [3.63, 3.8) is 0 Å². The average Bonchev–Trinajstić information content (AvgIpc) is 3.13. The fraction of sp³-hybridized carbons (Fsp3) is 0.286. The Hall–Kier alpha value is -3.42. The minimum absolute atomic E-state index is 0.0671. The minimum atomic E-state index is -0.618. The highest BCUT2D eigenvalue weighted by molar-refractivity contribution is 5.98. The first-order valence-corrected chi connectivity index (χ1v) is 9.48. The van der Waals surface area contributed by atoms with E-state index in [9.17, 15) is 18.8 Å². The third-order valence-electron chi connectivity index (χ3n) is 5.24. The molecular formula is C21H21FN4O3. The van der Waals surface area contributed by atoms with Crippen LogP contribution < -0.4 is 16.0 Å². The molecule has 0 radical (unpaired) electrons. The van der Waals surface area contributed by atoms with Gasteiger partial charge in [0.1, 0.15) is 17.9 Å². The maximum atomic E-state index is 13.7. The van der Waals surface area contributed by atoms with Gasteiger partial charge in [-0.3, -0.25) is 9.59 Å². The van der Waals surface area contributed by atoms with Crippen LogP contribution in [0.4, 0.5) is 14.9 Å². The zero-order chi connectivity index (χ0) is 20.4. The van der Waals surface area contributed by atoms with Crippen molar-refractivity contribution in [2.45, 2.75) is 31.0 Å². The second-order valence-electron chi connectivity index (χ2n) is 7.27. The summed E-state index contributed by atoms with van der Waals surface area (Å²) in [5.74, 6) is -0.911. The van der Waals surface area contributed by atoms with E-state index in [1.807, 2.05) is 30.3 Å². The molecule has 3 N–H and O–H groups in total. The van der Waals surface area contributed by atoms with Gasteiger partial charge in [-0.05, 0) is 24.1 Å². The largest absolute Gasteiger partial charge is 0.342 e. The molecule has 2 saturated heterocycles. The number of rotatable bonds is 4. The fourth-order valence-electron chi connectivity index (χ4n) is 3.86. The van der Waals surface area contributed by atoms with Crippen LogP contribution in [0.1, 0.15) is 12.0 Å². The summed E-state index contributed by atoms with van der Waals surface area (Å²) >= 11 is 0. The summed E-state index contributed by atoms with van der Waals surface area (Å²) in [7, 11) is 0. The normalized spacial score (nSPS) is 23.3. The minimum Gasteiger partial charge on any atom is -0.342 e. The van der Waals surface area contributed by atoms with E-state index in [0.29, 0.717) is 12.8 Å². The SMILES string of the molecule is O=C(Nc1ccccc1F)N[C@H]1C[C@H]2C(=O)N[C@H](Cc3ccccc3)C(=O)N2C1. The monoisotopic (exact) mass is 396 g/mol. The summed E-state index contributed by atoms with van der Waals surface area (Å²) < 4.78 is 13.7.